The van der Waals surface area contributed by atoms with E-state index in [4.69, 9.17) is 11.6 Å². The highest BCUT2D eigenvalue weighted by molar-refractivity contribution is 6.30. The Bertz CT molecular complexity index is 390. The summed E-state index contributed by atoms with van der Waals surface area (Å²) < 4.78 is 0. The molecule has 0 fully saturated rings. The fourth-order valence-electron chi connectivity index (χ4n) is 1.29. The second kappa shape index (κ2) is 6.91. The van der Waals surface area contributed by atoms with Crippen molar-refractivity contribution in [2.75, 3.05) is 13.1 Å². The van der Waals surface area contributed by atoms with Crippen molar-refractivity contribution in [3.8, 4) is 0 Å². The number of benzene rings is 1. The molecule has 2 N–H and O–H groups in total. The summed E-state index contributed by atoms with van der Waals surface area (Å²) in [6.07, 6.45) is 0.317. The van der Waals surface area contributed by atoms with Crippen molar-refractivity contribution in [2.24, 2.45) is 0 Å². The lowest BCUT2D eigenvalue weighted by molar-refractivity contribution is -0.121. The first-order chi connectivity index (χ1) is 8.08. The topological polar surface area (TPSA) is 58.2 Å². The van der Waals surface area contributed by atoms with E-state index in [2.05, 4.69) is 10.6 Å². The van der Waals surface area contributed by atoms with Crippen LogP contribution >= 0.6 is 11.6 Å². The van der Waals surface area contributed by atoms with E-state index in [0.717, 1.165) is 5.56 Å². The molecule has 0 saturated carbocycles. The summed E-state index contributed by atoms with van der Waals surface area (Å²) in [5.74, 6) is -0.172. The van der Waals surface area contributed by atoms with E-state index in [1.54, 1.807) is 12.1 Å². The smallest absolute Gasteiger partial charge is 0.224 e. The Balaban J connectivity index is 2.25. The molecule has 0 atom stereocenters. The molecule has 0 aliphatic carbocycles. The SMILES string of the molecule is CC(=O)NCCNC(=O)Cc1ccc(Cl)cc1. The van der Waals surface area contributed by atoms with Crippen LogP contribution < -0.4 is 10.6 Å². The average molecular weight is 255 g/mol. The van der Waals surface area contributed by atoms with Crippen LogP contribution in [0, 0.1) is 0 Å². The summed E-state index contributed by atoms with van der Waals surface area (Å²) in [5.41, 5.74) is 0.909. The van der Waals surface area contributed by atoms with Gasteiger partial charge in [-0.1, -0.05) is 23.7 Å². The maximum absolute atomic E-state index is 11.5. The molecule has 0 saturated heterocycles. The van der Waals surface area contributed by atoms with E-state index in [-0.39, 0.29) is 11.8 Å². The van der Waals surface area contributed by atoms with Gasteiger partial charge in [-0.15, -0.1) is 0 Å². The molecular formula is C12H15ClN2O2. The molecule has 92 valence electrons. The standard InChI is InChI=1S/C12H15ClN2O2/c1-9(16)14-6-7-15-12(17)8-10-2-4-11(13)5-3-10/h2-5H,6-8H2,1H3,(H,14,16)(H,15,17). The van der Waals surface area contributed by atoms with Crippen LogP contribution in [-0.4, -0.2) is 24.9 Å². The van der Waals surface area contributed by atoms with Gasteiger partial charge in [0.1, 0.15) is 0 Å². The Kier molecular flexibility index (Phi) is 5.49. The first-order valence-corrected chi connectivity index (χ1v) is 5.71. The number of carbonyl (C=O) groups excluding carboxylic acids is 2. The largest absolute Gasteiger partial charge is 0.355 e. The van der Waals surface area contributed by atoms with E-state index in [1.807, 2.05) is 12.1 Å². The molecule has 5 heteroatoms. The van der Waals surface area contributed by atoms with E-state index in [9.17, 15) is 9.59 Å². The van der Waals surface area contributed by atoms with Crippen LogP contribution in [0.3, 0.4) is 0 Å². The molecule has 1 aromatic carbocycles. The van der Waals surface area contributed by atoms with Gasteiger partial charge in [-0.2, -0.15) is 0 Å². The molecule has 4 nitrogen and oxygen atoms in total. The maximum atomic E-state index is 11.5. The van der Waals surface area contributed by atoms with E-state index in [0.29, 0.717) is 24.5 Å². The van der Waals surface area contributed by atoms with Crippen molar-refractivity contribution in [3.63, 3.8) is 0 Å². The number of carbonyl (C=O) groups is 2. The van der Waals surface area contributed by atoms with Gasteiger partial charge < -0.3 is 10.6 Å². The van der Waals surface area contributed by atoms with Crippen LogP contribution in [0.15, 0.2) is 24.3 Å². The van der Waals surface area contributed by atoms with Crippen LogP contribution in [0.2, 0.25) is 5.02 Å². The van der Waals surface area contributed by atoms with Crippen molar-refractivity contribution in [1.29, 1.82) is 0 Å². The first-order valence-electron chi connectivity index (χ1n) is 5.33. The summed E-state index contributed by atoms with van der Waals surface area (Å²) in [6, 6.07) is 7.13. The second-order valence-electron chi connectivity index (χ2n) is 3.64. The second-order valence-corrected chi connectivity index (χ2v) is 4.07. The van der Waals surface area contributed by atoms with E-state index >= 15 is 0 Å². The molecular weight excluding hydrogens is 240 g/mol. The lowest BCUT2D eigenvalue weighted by atomic mass is 10.1. The molecule has 1 aromatic rings. The van der Waals surface area contributed by atoms with Crippen molar-refractivity contribution in [2.45, 2.75) is 13.3 Å². The molecule has 0 aliphatic heterocycles. The van der Waals surface area contributed by atoms with Crippen molar-refractivity contribution < 1.29 is 9.59 Å². The molecule has 2 amide bonds. The molecule has 0 radical (unpaired) electrons. The minimum absolute atomic E-state index is 0.0716. The van der Waals surface area contributed by atoms with Crippen LogP contribution in [0.4, 0.5) is 0 Å². The third-order valence-corrected chi connectivity index (χ3v) is 2.35. The van der Waals surface area contributed by atoms with Crippen molar-refractivity contribution in [3.05, 3.63) is 34.9 Å². The highest BCUT2D eigenvalue weighted by Gasteiger charge is 2.02. The van der Waals surface area contributed by atoms with E-state index in [1.165, 1.54) is 6.92 Å². The van der Waals surface area contributed by atoms with Gasteiger partial charge in [-0.3, -0.25) is 9.59 Å². The van der Waals surface area contributed by atoms with Crippen molar-refractivity contribution >= 4 is 23.4 Å². The highest BCUT2D eigenvalue weighted by atomic mass is 35.5. The van der Waals surface area contributed by atoms with E-state index < -0.39 is 0 Å². The number of hydrogen-bond donors (Lipinski definition) is 2. The third kappa shape index (κ3) is 5.92. The first kappa shape index (κ1) is 13.5. The normalized spacial score (nSPS) is 9.76. The van der Waals surface area contributed by atoms with Gasteiger partial charge in [0, 0.05) is 25.0 Å². The Labute approximate surface area is 105 Å². The predicted octanol–water partition coefficient (Wildman–Crippen LogP) is 1.13. The molecule has 0 spiro atoms. The lowest BCUT2D eigenvalue weighted by Gasteiger charge is -2.05. The van der Waals surface area contributed by atoms with Gasteiger partial charge in [0.25, 0.3) is 0 Å². The quantitative estimate of drug-likeness (QED) is 0.774. The Morgan fingerprint density at radius 3 is 2.29 bits per heavy atom. The van der Waals surface area contributed by atoms with Gasteiger partial charge >= 0.3 is 0 Å². The predicted molar refractivity (Wildman–Crippen MR) is 66.8 cm³/mol. The van der Waals surface area contributed by atoms with Gasteiger partial charge in [0.05, 0.1) is 6.42 Å². The summed E-state index contributed by atoms with van der Waals surface area (Å²) in [7, 11) is 0. The third-order valence-electron chi connectivity index (χ3n) is 2.10. The lowest BCUT2D eigenvalue weighted by Crippen LogP contribution is -2.34. The molecule has 17 heavy (non-hydrogen) atoms. The summed E-state index contributed by atoms with van der Waals surface area (Å²) >= 11 is 5.74. The number of rotatable bonds is 5. The molecule has 0 unspecified atom stereocenters. The average Bonchev–Trinajstić information content (AvgIpc) is 2.27. The van der Waals surface area contributed by atoms with Gasteiger partial charge in [0.15, 0.2) is 0 Å². The molecule has 1 rings (SSSR count). The van der Waals surface area contributed by atoms with Crippen LogP contribution in [0.25, 0.3) is 0 Å². The Morgan fingerprint density at radius 1 is 1.12 bits per heavy atom. The van der Waals surface area contributed by atoms with Gasteiger partial charge in [-0.05, 0) is 17.7 Å². The van der Waals surface area contributed by atoms with Gasteiger partial charge in [0.2, 0.25) is 11.8 Å². The Morgan fingerprint density at radius 2 is 1.71 bits per heavy atom. The monoisotopic (exact) mass is 254 g/mol. The number of amides is 2. The van der Waals surface area contributed by atoms with Gasteiger partial charge in [-0.25, -0.2) is 0 Å². The minimum Gasteiger partial charge on any atom is -0.355 e. The molecule has 0 bridgehead atoms. The molecule has 0 aromatic heterocycles. The zero-order chi connectivity index (χ0) is 12.7. The molecule has 0 heterocycles. The summed E-state index contributed by atoms with van der Waals surface area (Å²) in [5, 5.41) is 5.97. The fraction of sp³-hybridized carbons (Fsp3) is 0.333. The van der Waals surface area contributed by atoms with Crippen LogP contribution in [-0.2, 0) is 16.0 Å². The summed E-state index contributed by atoms with van der Waals surface area (Å²) in [4.78, 5) is 22.1. The molecule has 0 aliphatic rings. The highest BCUT2D eigenvalue weighted by Crippen LogP contribution is 2.09. The fourth-order valence-corrected chi connectivity index (χ4v) is 1.42. The number of halogens is 1. The number of nitrogens with one attached hydrogen (secondary N) is 2. The zero-order valence-corrected chi connectivity index (χ0v) is 10.4. The zero-order valence-electron chi connectivity index (χ0n) is 9.63. The van der Waals surface area contributed by atoms with Crippen LogP contribution in [0.1, 0.15) is 12.5 Å². The minimum atomic E-state index is -0.100. The van der Waals surface area contributed by atoms with Crippen LogP contribution in [0.5, 0.6) is 0 Å². The maximum Gasteiger partial charge on any atom is 0.224 e. The van der Waals surface area contributed by atoms with Crippen molar-refractivity contribution in [1.82, 2.24) is 10.6 Å². The Hall–Kier alpha value is -1.55. The summed E-state index contributed by atoms with van der Waals surface area (Å²) in [6.45, 7) is 2.32. The number of hydrogen-bond acceptors (Lipinski definition) is 2.